The molecule has 0 aliphatic rings. The van der Waals surface area contributed by atoms with E-state index in [1.807, 2.05) is 0 Å². The average Bonchev–Trinajstić information content (AvgIpc) is 3.69. The maximum atomic E-state index is 5.25. The second-order valence-corrected chi connectivity index (χ2v) is 13.3. The van der Waals surface area contributed by atoms with Crippen LogP contribution in [0.5, 0.6) is 0 Å². The molecule has 3 aromatic heterocycles. The molecule has 4 heteroatoms. The fourth-order valence-corrected chi connectivity index (χ4v) is 8.21. The van der Waals surface area contributed by atoms with Crippen LogP contribution in [0.3, 0.4) is 0 Å². The van der Waals surface area contributed by atoms with Gasteiger partial charge in [-0.2, -0.15) is 0 Å². The summed E-state index contributed by atoms with van der Waals surface area (Å²) in [6, 6.07) is 58.5. The summed E-state index contributed by atoms with van der Waals surface area (Å²) in [6.45, 7) is 0. The molecular weight excluding hydrogens is 603 g/mol. The molecule has 224 valence electrons. The third kappa shape index (κ3) is 4.27. The van der Waals surface area contributed by atoms with Gasteiger partial charge in [0.2, 0.25) is 0 Å². The molecule has 48 heavy (non-hydrogen) atoms. The van der Waals surface area contributed by atoms with Crippen molar-refractivity contribution in [1.29, 1.82) is 0 Å². The van der Waals surface area contributed by atoms with Crippen LogP contribution in [0.25, 0.3) is 92.3 Å². The predicted octanol–water partition coefficient (Wildman–Crippen LogP) is 12.1. The second kappa shape index (κ2) is 10.7. The van der Waals surface area contributed by atoms with Crippen LogP contribution in [-0.2, 0) is 0 Å². The van der Waals surface area contributed by atoms with E-state index in [0.29, 0.717) is 0 Å². The third-order valence-electron chi connectivity index (χ3n) is 9.39. The van der Waals surface area contributed by atoms with Gasteiger partial charge in [0, 0.05) is 43.1 Å². The van der Waals surface area contributed by atoms with Crippen LogP contribution in [0, 0.1) is 0 Å². The van der Waals surface area contributed by atoms with Gasteiger partial charge in [-0.1, -0.05) is 115 Å². The lowest BCUT2D eigenvalue weighted by atomic mass is 9.99. The number of hydrogen-bond acceptors (Lipinski definition) is 3. The first-order valence-corrected chi connectivity index (χ1v) is 17.0. The highest BCUT2D eigenvalue weighted by molar-refractivity contribution is 7.25. The molecule has 0 aliphatic carbocycles. The lowest BCUT2D eigenvalue weighted by molar-refractivity contribution is 1.18. The van der Waals surface area contributed by atoms with Crippen LogP contribution in [0.15, 0.2) is 164 Å². The van der Waals surface area contributed by atoms with Gasteiger partial charge in [-0.25, -0.2) is 9.97 Å². The van der Waals surface area contributed by atoms with E-state index in [1.54, 1.807) is 11.3 Å². The van der Waals surface area contributed by atoms with E-state index in [4.69, 9.17) is 9.97 Å². The first-order valence-electron chi connectivity index (χ1n) is 16.2. The SMILES string of the molecule is c1ccc(-c2nc(-c3cccc(-c4ccc5c(c4)c4cc6ccccc6cc4n5-c4ccccc4)c3)nc3sc4ccccc4c23)cc1. The summed E-state index contributed by atoms with van der Waals surface area (Å²) >= 11 is 1.73. The fraction of sp³-hybridized carbons (Fsp3) is 0. The van der Waals surface area contributed by atoms with Crippen LogP contribution in [0.1, 0.15) is 0 Å². The Bertz CT molecular complexity index is 2830. The average molecular weight is 630 g/mol. The molecule has 0 bridgehead atoms. The number of rotatable bonds is 4. The topological polar surface area (TPSA) is 30.7 Å². The second-order valence-electron chi connectivity index (χ2n) is 12.2. The highest BCUT2D eigenvalue weighted by Crippen LogP contribution is 2.41. The van der Waals surface area contributed by atoms with Crippen molar-refractivity contribution < 1.29 is 0 Å². The standard InChI is InChI=1S/C44H27N3S/c1-3-12-28(13-4-1)42-41-35-20-9-10-21-40(35)48-44(41)46-43(45-42)33-17-11-16-29(24-33)32-22-23-38-36(26-32)37-25-30-14-7-8-15-31(30)27-39(37)47(38)34-18-5-2-6-19-34/h1-27H. The predicted molar refractivity (Wildman–Crippen MR) is 203 cm³/mol. The summed E-state index contributed by atoms with van der Waals surface area (Å²) in [5.41, 5.74) is 8.93. The van der Waals surface area contributed by atoms with Crippen molar-refractivity contribution in [2.45, 2.75) is 0 Å². The van der Waals surface area contributed by atoms with E-state index >= 15 is 0 Å². The van der Waals surface area contributed by atoms with Crippen molar-refractivity contribution in [1.82, 2.24) is 14.5 Å². The molecule has 0 saturated heterocycles. The maximum absolute atomic E-state index is 5.25. The van der Waals surface area contributed by atoms with Gasteiger partial charge in [-0.15, -0.1) is 11.3 Å². The van der Waals surface area contributed by atoms with Crippen molar-refractivity contribution in [2.24, 2.45) is 0 Å². The summed E-state index contributed by atoms with van der Waals surface area (Å²) in [6.07, 6.45) is 0. The Hall–Kier alpha value is -6.10. The van der Waals surface area contributed by atoms with Gasteiger partial charge in [0.05, 0.1) is 16.7 Å². The van der Waals surface area contributed by atoms with Crippen molar-refractivity contribution in [2.75, 3.05) is 0 Å². The zero-order valence-electron chi connectivity index (χ0n) is 25.8. The van der Waals surface area contributed by atoms with Crippen LogP contribution >= 0.6 is 11.3 Å². The third-order valence-corrected chi connectivity index (χ3v) is 10.5. The Kier molecular flexibility index (Phi) is 6.05. The minimum Gasteiger partial charge on any atom is -0.309 e. The molecule has 0 radical (unpaired) electrons. The number of thiophene rings is 1. The van der Waals surface area contributed by atoms with Crippen LogP contribution in [0.2, 0.25) is 0 Å². The molecule has 7 aromatic carbocycles. The number of nitrogens with zero attached hydrogens (tertiary/aromatic N) is 3. The molecule has 10 aromatic rings. The molecule has 0 aliphatic heterocycles. The lowest BCUT2D eigenvalue weighted by Gasteiger charge is -2.10. The van der Waals surface area contributed by atoms with E-state index in [1.165, 1.54) is 42.7 Å². The minimum absolute atomic E-state index is 0.739. The number of hydrogen-bond donors (Lipinski definition) is 0. The van der Waals surface area contributed by atoms with E-state index in [0.717, 1.165) is 49.7 Å². The lowest BCUT2D eigenvalue weighted by Crippen LogP contribution is -1.94. The van der Waals surface area contributed by atoms with Crippen molar-refractivity contribution in [3.8, 4) is 39.5 Å². The number of benzene rings is 7. The highest BCUT2D eigenvalue weighted by Gasteiger charge is 2.18. The Balaban J connectivity index is 1.16. The maximum Gasteiger partial charge on any atom is 0.161 e. The van der Waals surface area contributed by atoms with Gasteiger partial charge >= 0.3 is 0 Å². The summed E-state index contributed by atoms with van der Waals surface area (Å²) < 4.78 is 3.61. The molecular formula is C44H27N3S. The van der Waals surface area contributed by atoms with Gasteiger partial charge in [0.15, 0.2) is 5.82 Å². The Morgan fingerprint density at radius 2 is 1.10 bits per heavy atom. The zero-order chi connectivity index (χ0) is 31.6. The first-order chi connectivity index (χ1) is 23.8. The van der Waals surface area contributed by atoms with Crippen molar-refractivity contribution in [3.63, 3.8) is 0 Å². The molecule has 0 fully saturated rings. The zero-order valence-corrected chi connectivity index (χ0v) is 26.7. The van der Waals surface area contributed by atoms with Crippen LogP contribution in [0.4, 0.5) is 0 Å². The molecule has 0 amide bonds. The van der Waals surface area contributed by atoms with E-state index in [2.05, 4.69) is 168 Å². The Morgan fingerprint density at radius 3 is 1.96 bits per heavy atom. The quantitative estimate of drug-likeness (QED) is 0.194. The van der Waals surface area contributed by atoms with Gasteiger partial charge in [-0.05, 0) is 70.4 Å². The summed E-state index contributed by atoms with van der Waals surface area (Å²) in [5.74, 6) is 0.739. The van der Waals surface area contributed by atoms with Crippen LogP contribution < -0.4 is 0 Å². The summed E-state index contributed by atoms with van der Waals surface area (Å²) in [7, 11) is 0. The Morgan fingerprint density at radius 1 is 0.438 bits per heavy atom. The minimum atomic E-state index is 0.739. The van der Waals surface area contributed by atoms with Crippen molar-refractivity contribution in [3.05, 3.63) is 164 Å². The normalized spacial score (nSPS) is 11.8. The largest absolute Gasteiger partial charge is 0.309 e. The molecule has 0 N–H and O–H groups in total. The number of fused-ring (bicyclic) bond motifs is 7. The number of aromatic nitrogens is 3. The van der Waals surface area contributed by atoms with E-state index in [-0.39, 0.29) is 0 Å². The highest BCUT2D eigenvalue weighted by atomic mass is 32.1. The molecule has 0 atom stereocenters. The fourth-order valence-electron chi connectivity index (χ4n) is 7.14. The van der Waals surface area contributed by atoms with Gasteiger partial charge in [-0.3, -0.25) is 0 Å². The molecule has 0 unspecified atom stereocenters. The van der Waals surface area contributed by atoms with Crippen LogP contribution in [-0.4, -0.2) is 14.5 Å². The van der Waals surface area contributed by atoms with Gasteiger partial charge in [0.1, 0.15) is 4.83 Å². The molecule has 10 rings (SSSR count). The summed E-state index contributed by atoms with van der Waals surface area (Å²) in [5, 5.41) is 7.28. The first kappa shape index (κ1) is 27.1. The van der Waals surface area contributed by atoms with E-state index < -0.39 is 0 Å². The van der Waals surface area contributed by atoms with E-state index in [9.17, 15) is 0 Å². The smallest absolute Gasteiger partial charge is 0.161 e. The van der Waals surface area contributed by atoms with Gasteiger partial charge in [0.25, 0.3) is 0 Å². The molecule has 3 nitrogen and oxygen atoms in total. The number of para-hydroxylation sites is 1. The summed E-state index contributed by atoms with van der Waals surface area (Å²) in [4.78, 5) is 11.4. The van der Waals surface area contributed by atoms with Crippen molar-refractivity contribution >= 4 is 64.2 Å². The monoisotopic (exact) mass is 629 g/mol. The molecule has 3 heterocycles. The molecule has 0 saturated carbocycles. The molecule has 0 spiro atoms. The van der Waals surface area contributed by atoms with Gasteiger partial charge < -0.3 is 4.57 Å². The Labute approximate surface area is 281 Å².